The van der Waals surface area contributed by atoms with Crippen LogP contribution in [0.1, 0.15) is 27.0 Å². The topological polar surface area (TPSA) is 32.3 Å². The first-order chi connectivity index (χ1) is 13.7. The lowest BCUT2D eigenvalue weighted by atomic mass is 10.1. The molecule has 29 heavy (non-hydrogen) atoms. The number of alkyl halides is 3. The third-order valence-corrected chi connectivity index (χ3v) is 4.80. The predicted molar refractivity (Wildman–Crippen MR) is 110 cm³/mol. The molecule has 1 N–H and O–H groups in total. The molecule has 0 bridgehead atoms. The molecule has 150 valence electrons. The highest BCUT2D eigenvalue weighted by molar-refractivity contribution is 6.05. The first-order valence-corrected chi connectivity index (χ1v) is 9.05. The summed E-state index contributed by atoms with van der Waals surface area (Å²) in [6.07, 6.45) is -4.40. The van der Waals surface area contributed by atoms with E-state index in [1.165, 1.54) is 6.07 Å². The summed E-state index contributed by atoms with van der Waals surface area (Å²) in [7, 11) is 1.71. The third-order valence-electron chi connectivity index (χ3n) is 4.80. The average Bonchev–Trinajstić information content (AvgIpc) is 2.68. The molecule has 3 rings (SSSR count). The molecule has 1 amide bonds. The summed E-state index contributed by atoms with van der Waals surface area (Å²) in [5.74, 6) is -0.210. The van der Waals surface area contributed by atoms with E-state index in [1.54, 1.807) is 55.3 Å². The Morgan fingerprint density at radius 2 is 1.55 bits per heavy atom. The molecular weight excluding hydrogens is 377 g/mol. The van der Waals surface area contributed by atoms with Crippen LogP contribution < -0.4 is 10.2 Å². The van der Waals surface area contributed by atoms with Crippen molar-refractivity contribution in [2.24, 2.45) is 0 Å². The Labute approximate surface area is 167 Å². The molecule has 0 spiro atoms. The molecule has 0 aliphatic heterocycles. The van der Waals surface area contributed by atoms with Crippen LogP contribution in [0.15, 0.2) is 66.7 Å². The lowest BCUT2D eigenvalue weighted by Crippen LogP contribution is -2.15. The summed E-state index contributed by atoms with van der Waals surface area (Å²) in [5, 5.41) is 2.84. The molecule has 0 atom stereocenters. The lowest BCUT2D eigenvalue weighted by molar-refractivity contribution is -0.137. The Kier molecular flexibility index (Phi) is 5.64. The first-order valence-electron chi connectivity index (χ1n) is 9.05. The van der Waals surface area contributed by atoms with Gasteiger partial charge in [-0.2, -0.15) is 13.2 Å². The molecule has 6 heteroatoms. The number of nitrogens with one attached hydrogen (secondary N) is 1. The van der Waals surface area contributed by atoms with Crippen molar-refractivity contribution in [3.05, 3.63) is 89.0 Å². The summed E-state index contributed by atoms with van der Waals surface area (Å²) in [6.45, 7) is 3.63. The summed E-state index contributed by atoms with van der Waals surface area (Å²) in [4.78, 5) is 14.1. The molecule has 0 fully saturated rings. The monoisotopic (exact) mass is 398 g/mol. The number of hydrogen-bond acceptors (Lipinski definition) is 2. The van der Waals surface area contributed by atoms with Crippen molar-refractivity contribution >= 4 is 23.0 Å². The van der Waals surface area contributed by atoms with E-state index in [2.05, 4.69) is 5.32 Å². The summed E-state index contributed by atoms with van der Waals surface area (Å²) in [6, 6.07) is 17.9. The van der Waals surface area contributed by atoms with Gasteiger partial charge < -0.3 is 10.2 Å². The van der Waals surface area contributed by atoms with Crippen LogP contribution in [-0.4, -0.2) is 13.0 Å². The largest absolute Gasteiger partial charge is 0.416 e. The minimum Gasteiger partial charge on any atom is -0.344 e. The van der Waals surface area contributed by atoms with Crippen molar-refractivity contribution in [2.75, 3.05) is 17.3 Å². The van der Waals surface area contributed by atoms with Gasteiger partial charge in [-0.15, -0.1) is 0 Å². The number of carbonyl (C=O) groups is 1. The van der Waals surface area contributed by atoms with Crippen molar-refractivity contribution in [3.8, 4) is 0 Å². The number of hydrogen-bond donors (Lipinski definition) is 1. The van der Waals surface area contributed by atoms with E-state index in [0.29, 0.717) is 22.6 Å². The number of aryl methyl sites for hydroxylation is 2. The van der Waals surface area contributed by atoms with E-state index in [9.17, 15) is 18.0 Å². The van der Waals surface area contributed by atoms with Gasteiger partial charge in [0, 0.05) is 29.7 Å². The highest BCUT2D eigenvalue weighted by Gasteiger charge is 2.31. The Morgan fingerprint density at radius 3 is 2.17 bits per heavy atom. The zero-order valence-corrected chi connectivity index (χ0v) is 16.3. The molecule has 0 heterocycles. The van der Waals surface area contributed by atoms with Gasteiger partial charge in [-0.25, -0.2) is 0 Å². The average molecular weight is 398 g/mol. The minimum absolute atomic E-state index is 0.210. The number of benzene rings is 3. The van der Waals surface area contributed by atoms with Crippen LogP contribution >= 0.6 is 0 Å². The van der Waals surface area contributed by atoms with Crippen molar-refractivity contribution in [2.45, 2.75) is 20.0 Å². The molecule has 3 aromatic carbocycles. The third kappa shape index (κ3) is 4.59. The Bertz CT molecular complexity index is 1030. The summed E-state index contributed by atoms with van der Waals surface area (Å²) in [5.41, 5.74) is 3.30. The van der Waals surface area contributed by atoms with Crippen LogP contribution in [0, 0.1) is 13.8 Å². The van der Waals surface area contributed by atoms with Crippen molar-refractivity contribution in [3.63, 3.8) is 0 Å². The van der Waals surface area contributed by atoms with Crippen LogP contribution in [0.2, 0.25) is 0 Å². The second-order valence-electron chi connectivity index (χ2n) is 6.87. The number of carbonyl (C=O) groups excluding carboxylic acids is 1. The van der Waals surface area contributed by atoms with Crippen molar-refractivity contribution < 1.29 is 18.0 Å². The summed E-state index contributed by atoms with van der Waals surface area (Å²) >= 11 is 0. The molecule has 3 nitrogen and oxygen atoms in total. The maximum Gasteiger partial charge on any atom is 0.416 e. The molecule has 0 unspecified atom stereocenters. The quantitative estimate of drug-likeness (QED) is 0.556. The molecule has 0 saturated carbocycles. The van der Waals surface area contributed by atoms with E-state index < -0.39 is 11.7 Å². The van der Waals surface area contributed by atoms with Crippen LogP contribution in [0.4, 0.5) is 30.2 Å². The van der Waals surface area contributed by atoms with Gasteiger partial charge in [-0.3, -0.25) is 4.79 Å². The molecule has 3 aromatic rings. The maximum atomic E-state index is 13.0. The molecule has 0 radical (unpaired) electrons. The number of amides is 1. The Morgan fingerprint density at radius 1 is 0.897 bits per heavy atom. The second kappa shape index (κ2) is 7.99. The summed E-state index contributed by atoms with van der Waals surface area (Å²) < 4.78 is 39.1. The maximum absolute atomic E-state index is 13.0. The van der Waals surface area contributed by atoms with Gasteiger partial charge in [-0.05, 0) is 67.4 Å². The number of anilines is 3. The van der Waals surface area contributed by atoms with Gasteiger partial charge in [0.1, 0.15) is 0 Å². The lowest BCUT2D eigenvalue weighted by Gasteiger charge is -2.23. The smallest absolute Gasteiger partial charge is 0.344 e. The van der Waals surface area contributed by atoms with E-state index in [-0.39, 0.29) is 5.91 Å². The van der Waals surface area contributed by atoms with E-state index in [1.807, 2.05) is 19.1 Å². The van der Waals surface area contributed by atoms with Gasteiger partial charge >= 0.3 is 6.18 Å². The molecule has 0 aliphatic carbocycles. The normalized spacial score (nSPS) is 11.2. The zero-order chi connectivity index (χ0) is 21.2. The first kappa shape index (κ1) is 20.5. The van der Waals surface area contributed by atoms with Gasteiger partial charge in [0.05, 0.1) is 5.56 Å². The Hall–Kier alpha value is -3.28. The molecule has 0 aliphatic rings. The van der Waals surface area contributed by atoms with Crippen molar-refractivity contribution in [1.29, 1.82) is 0 Å². The molecule has 0 saturated heterocycles. The van der Waals surface area contributed by atoms with Gasteiger partial charge in [0.15, 0.2) is 0 Å². The zero-order valence-electron chi connectivity index (χ0n) is 16.3. The van der Waals surface area contributed by atoms with Crippen LogP contribution in [0.5, 0.6) is 0 Å². The van der Waals surface area contributed by atoms with E-state index in [4.69, 9.17) is 0 Å². The SMILES string of the molecule is Cc1ccccc1C(=O)Nc1ccc(N(C)c2cc(C(F)(F)F)ccc2C)cc1. The van der Waals surface area contributed by atoms with E-state index >= 15 is 0 Å². The standard InChI is InChI=1S/C23H21F3N2O/c1-15-6-4-5-7-20(15)22(29)27-18-10-12-19(13-11-18)28(3)21-14-17(23(24,25)26)9-8-16(21)2/h4-14H,1-3H3,(H,27,29). The van der Waals surface area contributed by atoms with Crippen LogP contribution in [-0.2, 0) is 6.18 Å². The van der Waals surface area contributed by atoms with Gasteiger partial charge in [-0.1, -0.05) is 24.3 Å². The minimum atomic E-state index is -4.40. The highest BCUT2D eigenvalue weighted by atomic mass is 19.4. The fourth-order valence-corrected chi connectivity index (χ4v) is 3.08. The van der Waals surface area contributed by atoms with Crippen molar-refractivity contribution in [1.82, 2.24) is 0 Å². The van der Waals surface area contributed by atoms with Gasteiger partial charge in [0.2, 0.25) is 0 Å². The molecule has 0 aromatic heterocycles. The number of nitrogens with zero attached hydrogens (tertiary/aromatic N) is 1. The highest BCUT2D eigenvalue weighted by Crippen LogP contribution is 2.35. The number of halogens is 3. The Balaban J connectivity index is 1.80. The fourth-order valence-electron chi connectivity index (χ4n) is 3.08. The van der Waals surface area contributed by atoms with Crippen LogP contribution in [0.25, 0.3) is 0 Å². The second-order valence-corrected chi connectivity index (χ2v) is 6.87. The predicted octanol–water partition coefficient (Wildman–Crippen LogP) is 6.34. The van der Waals surface area contributed by atoms with Gasteiger partial charge in [0.25, 0.3) is 5.91 Å². The fraction of sp³-hybridized carbons (Fsp3) is 0.174. The van der Waals surface area contributed by atoms with Crippen LogP contribution in [0.3, 0.4) is 0 Å². The molecular formula is C23H21F3N2O. The van der Waals surface area contributed by atoms with E-state index in [0.717, 1.165) is 23.3 Å². The number of rotatable bonds is 4.